The highest BCUT2D eigenvalue weighted by molar-refractivity contribution is 6.20. The van der Waals surface area contributed by atoms with Gasteiger partial charge in [-0.1, -0.05) is 18.2 Å². The maximum absolute atomic E-state index is 6.04. The molecule has 1 unspecified atom stereocenters. The van der Waals surface area contributed by atoms with E-state index < -0.39 is 0 Å². The first kappa shape index (κ1) is 9.28. The first-order valence-electron chi connectivity index (χ1n) is 4.51. The molecular weight excluding hydrogens is 196 g/mol. The van der Waals surface area contributed by atoms with E-state index in [1.807, 2.05) is 41.8 Å². The Balaban J connectivity index is 2.47. The van der Waals surface area contributed by atoms with E-state index in [1.165, 1.54) is 0 Å². The number of imidazole rings is 1. The fraction of sp³-hybridized carbons (Fsp3) is 0.182. The van der Waals surface area contributed by atoms with Crippen molar-refractivity contribution < 1.29 is 0 Å². The number of alkyl halides is 1. The molecule has 0 saturated carbocycles. The van der Waals surface area contributed by atoms with Crippen LogP contribution in [0.5, 0.6) is 0 Å². The lowest BCUT2D eigenvalue weighted by molar-refractivity contribution is 0.911. The Kier molecular flexibility index (Phi) is 2.55. The summed E-state index contributed by atoms with van der Waals surface area (Å²) in [5.41, 5.74) is 2.10. The molecule has 0 aliphatic carbocycles. The maximum atomic E-state index is 6.04. The predicted molar refractivity (Wildman–Crippen MR) is 57.8 cm³/mol. The minimum atomic E-state index is -0.0299. The summed E-state index contributed by atoms with van der Waals surface area (Å²) in [5, 5.41) is -0.0299. The molecule has 0 radical (unpaired) electrons. The van der Waals surface area contributed by atoms with Crippen LogP contribution in [-0.2, 0) is 0 Å². The lowest BCUT2D eigenvalue weighted by atomic mass is 10.3. The largest absolute Gasteiger partial charge is 0.302 e. The summed E-state index contributed by atoms with van der Waals surface area (Å²) in [6.07, 6.45) is 3.58. The average Bonchev–Trinajstić information content (AvgIpc) is 2.67. The summed E-state index contributed by atoms with van der Waals surface area (Å²) in [5.74, 6) is 0. The van der Waals surface area contributed by atoms with Crippen molar-refractivity contribution in [2.45, 2.75) is 12.3 Å². The van der Waals surface area contributed by atoms with Crippen LogP contribution in [0.15, 0.2) is 42.9 Å². The number of nitrogens with zero attached hydrogens (tertiary/aromatic N) is 2. The Labute approximate surface area is 88.2 Å². The minimum absolute atomic E-state index is 0.0299. The van der Waals surface area contributed by atoms with Crippen LogP contribution in [-0.4, -0.2) is 9.55 Å². The number of para-hydroxylation sites is 1. The molecular formula is C11H11ClN2. The third-order valence-corrected chi connectivity index (χ3v) is 2.33. The second-order valence-corrected chi connectivity index (χ2v) is 3.79. The zero-order valence-corrected chi connectivity index (χ0v) is 8.65. The molecule has 1 aromatic heterocycles. The normalized spacial score (nSPS) is 12.7. The fourth-order valence-corrected chi connectivity index (χ4v) is 1.57. The molecule has 3 heteroatoms. The Bertz CT molecular complexity index is 406. The molecule has 1 heterocycles. The van der Waals surface area contributed by atoms with E-state index in [0.29, 0.717) is 0 Å². The molecule has 1 aromatic carbocycles. The van der Waals surface area contributed by atoms with Crippen LogP contribution in [0, 0.1) is 0 Å². The van der Waals surface area contributed by atoms with Gasteiger partial charge in [0, 0.05) is 11.9 Å². The molecule has 2 nitrogen and oxygen atoms in total. The van der Waals surface area contributed by atoms with Crippen molar-refractivity contribution in [3.8, 4) is 5.69 Å². The number of hydrogen-bond donors (Lipinski definition) is 0. The van der Waals surface area contributed by atoms with Crippen molar-refractivity contribution >= 4 is 11.6 Å². The Hall–Kier alpha value is -1.28. The van der Waals surface area contributed by atoms with Crippen LogP contribution in [0.25, 0.3) is 5.69 Å². The zero-order valence-electron chi connectivity index (χ0n) is 7.89. The number of rotatable bonds is 2. The van der Waals surface area contributed by atoms with Gasteiger partial charge in [-0.3, -0.25) is 0 Å². The lowest BCUT2D eigenvalue weighted by Gasteiger charge is -2.08. The molecule has 0 bridgehead atoms. The van der Waals surface area contributed by atoms with E-state index >= 15 is 0 Å². The molecule has 0 saturated heterocycles. The SMILES string of the molecule is CC(Cl)c1cncn1-c1ccccc1. The number of aromatic nitrogens is 2. The van der Waals surface area contributed by atoms with Crippen molar-refractivity contribution in [1.82, 2.24) is 9.55 Å². The fourth-order valence-electron chi connectivity index (χ4n) is 1.40. The third-order valence-electron chi connectivity index (χ3n) is 2.11. The van der Waals surface area contributed by atoms with E-state index in [-0.39, 0.29) is 5.38 Å². The van der Waals surface area contributed by atoms with Gasteiger partial charge in [-0.05, 0) is 19.1 Å². The Morgan fingerprint density at radius 1 is 1.29 bits per heavy atom. The van der Waals surface area contributed by atoms with Gasteiger partial charge in [0.05, 0.1) is 17.4 Å². The lowest BCUT2D eigenvalue weighted by Crippen LogP contribution is -1.98. The second kappa shape index (κ2) is 3.84. The van der Waals surface area contributed by atoms with Gasteiger partial charge in [0.15, 0.2) is 0 Å². The van der Waals surface area contributed by atoms with E-state index in [4.69, 9.17) is 11.6 Å². The number of hydrogen-bond acceptors (Lipinski definition) is 1. The van der Waals surface area contributed by atoms with E-state index in [9.17, 15) is 0 Å². The summed E-state index contributed by atoms with van der Waals surface area (Å²) >= 11 is 6.04. The maximum Gasteiger partial charge on any atom is 0.0994 e. The molecule has 2 aromatic rings. The molecule has 0 fully saturated rings. The van der Waals surface area contributed by atoms with E-state index in [1.54, 1.807) is 12.5 Å². The van der Waals surface area contributed by atoms with Gasteiger partial charge in [0.25, 0.3) is 0 Å². The van der Waals surface area contributed by atoms with Gasteiger partial charge in [-0.25, -0.2) is 4.98 Å². The third kappa shape index (κ3) is 1.66. The quantitative estimate of drug-likeness (QED) is 0.691. The highest BCUT2D eigenvalue weighted by atomic mass is 35.5. The van der Waals surface area contributed by atoms with E-state index in [0.717, 1.165) is 11.4 Å². The van der Waals surface area contributed by atoms with Crippen LogP contribution in [0.2, 0.25) is 0 Å². The first-order chi connectivity index (χ1) is 6.79. The van der Waals surface area contributed by atoms with Crippen LogP contribution in [0.3, 0.4) is 0 Å². The summed E-state index contributed by atoms with van der Waals surface area (Å²) in [6, 6.07) is 10.1. The van der Waals surface area contributed by atoms with Crippen molar-refractivity contribution in [1.29, 1.82) is 0 Å². The topological polar surface area (TPSA) is 17.8 Å². The minimum Gasteiger partial charge on any atom is -0.302 e. The summed E-state index contributed by atoms with van der Waals surface area (Å²) in [4.78, 5) is 4.10. The molecule has 0 aliphatic rings. The van der Waals surface area contributed by atoms with Crippen molar-refractivity contribution in [2.75, 3.05) is 0 Å². The van der Waals surface area contributed by atoms with Gasteiger partial charge >= 0.3 is 0 Å². The molecule has 0 aliphatic heterocycles. The van der Waals surface area contributed by atoms with Gasteiger partial charge < -0.3 is 4.57 Å². The number of benzene rings is 1. The molecule has 0 amide bonds. The van der Waals surface area contributed by atoms with Crippen LogP contribution in [0.4, 0.5) is 0 Å². The summed E-state index contributed by atoms with van der Waals surface area (Å²) < 4.78 is 2.00. The van der Waals surface area contributed by atoms with Crippen molar-refractivity contribution in [3.63, 3.8) is 0 Å². The average molecular weight is 207 g/mol. The van der Waals surface area contributed by atoms with Gasteiger partial charge in [0.2, 0.25) is 0 Å². The van der Waals surface area contributed by atoms with Gasteiger partial charge in [-0.15, -0.1) is 11.6 Å². The molecule has 14 heavy (non-hydrogen) atoms. The van der Waals surface area contributed by atoms with E-state index in [2.05, 4.69) is 4.98 Å². The standard InChI is InChI=1S/C11H11ClN2/c1-9(12)11-7-13-8-14(11)10-5-3-2-4-6-10/h2-9H,1H3. The second-order valence-electron chi connectivity index (χ2n) is 3.14. The molecule has 2 rings (SSSR count). The molecule has 0 N–H and O–H groups in total. The molecule has 0 spiro atoms. The van der Waals surface area contributed by atoms with Crippen molar-refractivity contribution in [3.05, 3.63) is 48.5 Å². The van der Waals surface area contributed by atoms with Crippen molar-refractivity contribution in [2.24, 2.45) is 0 Å². The Morgan fingerprint density at radius 2 is 2.00 bits per heavy atom. The molecule has 1 atom stereocenters. The summed E-state index contributed by atoms with van der Waals surface area (Å²) in [6.45, 7) is 1.94. The highest BCUT2D eigenvalue weighted by Crippen LogP contribution is 2.21. The predicted octanol–water partition coefficient (Wildman–Crippen LogP) is 3.17. The zero-order chi connectivity index (χ0) is 9.97. The van der Waals surface area contributed by atoms with Gasteiger partial charge in [-0.2, -0.15) is 0 Å². The van der Waals surface area contributed by atoms with Crippen LogP contribution >= 0.6 is 11.6 Å². The summed E-state index contributed by atoms with van der Waals surface area (Å²) in [7, 11) is 0. The highest BCUT2D eigenvalue weighted by Gasteiger charge is 2.08. The molecule has 72 valence electrons. The van der Waals surface area contributed by atoms with Gasteiger partial charge in [0.1, 0.15) is 0 Å². The Morgan fingerprint density at radius 3 is 2.64 bits per heavy atom. The monoisotopic (exact) mass is 206 g/mol. The van der Waals surface area contributed by atoms with Crippen LogP contribution in [0.1, 0.15) is 18.0 Å². The first-order valence-corrected chi connectivity index (χ1v) is 4.94. The smallest absolute Gasteiger partial charge is 0.0994 e. The number of halogens is 1. The van der Waals surface area contributed by atoms with Crippen LogP contribution < -0.4 is 0 Å².